The lowest BCUT2D eigenvalue weighted by atomic mass is 9.95. The largest absolute Gasteiger partial charge is 0.416 e. The van der Waals surface area contributed by atoms with Crippen molar-refractivity contribution in [3.05, 3.63) is 58.1 Å². The first-order valence-electron chi connectivity index (χ1n) is 10.1. The molecule has 1 aliphatic rings. The van der Waals surface area contributed by atoms with Crippen molar-refractivity contribution < 1.29 is 27.7 Å². The summed E-state index contributed by atoms with van der Waals surface area (Å²) < 4.78 is 38.8. The lowest BCUT2D eigenvalue weighted by Crippen LogP contribution is -2.38. The number of benzene rings is 2. The molecule has 3 rings (SSSR count). The van der Waals surface area contributed by atoms with Gasteiger partial charge in [-0.3, -0.25) is 14.9 Å². The van der Waals surface area contributed by atoms with Gasteiger partial charge in [-0.15, -0.1) is 0 Å². The molecule has 12 heteroatoms. The van der Waals surface area contributed by atoms with E-state index >= 15 is 0 Å². The highest BCUT2D eigenvalue weighted by Crippen LogP contribution is 2.37. The monoisotopic (exact) mass is 465 g/mol. The number of hydrogen-bond donors (Lipinski definition) is 3. The van der Waals surface area contributed by atoms with Gasteiger partial charge in [0.2, 0.25) is 5.91 Å². The highest BCUT2D eigenvalue weighted by molar-refractivity contribution is 5.94. The number of piperidine rings is 1. The molecule has 0 spiro atoms. The van der Waals surface area contributed by atoms with Gasteiger partial charge in [-0.05, 0) is 43.2 Å². The zero-order chi connectivity index (χ0) is 24.2. The van der Waals surface area contributed by atoms with Crippen LogP contribution in [0.25, 0.3) is 0 Å². The number of nitrogens with zero attached hydrogens (tertiary/aromatic N) is 2. The molecule has 1 aliphatic heterocycles. The van der Waals surface area contributed by atoms with E-state index in [2.05, 4.69) is 16.0 Å². The van der Waals surface area contributed by atoms with Crippen LogP contribution in [-0.4, -0.2) is 37.0 Å². The molecule has 3 N–H and O–H groups in total. The molecule has 33 heavy (non-hydrogen) atoms. The Kier molecular flexibility index (Phi) is 7.04. The third-order valence-electron chi connectivity index (χ3n) is 5.32. The summed E-state index contributed by atoms with van der Waals surface area (Å²) in [5, 5.41) is 19.2. The van der Waals surface area contributed by atoms with Gasteiger partial charge in [-0.1, -0.05) is 6.07 Å². The number of nitro benzene ring substituents is 1. The van der Waals surface area contributed by atoms with Crippen LogP contribution >= 0.6 is 0 Å². The van der Waals surface area contributed by atoms with Crippen LogP contribution in [0.15, 0.2) is 42.5 Å². The number of amides is 3. The number of carbonyl (C=O) groups excluding carboxylic acids is 2. The van der Waals surface area contributed by atoms with E-state index in [1.54, 1.807) is 29.2 Å². The number of alkyl halides is 3. The maximum Gasteiger partial charge on any atom is 0.416 e. The SMILES string of the molecule is CNC(=O)Nc1cccc(NC(=O)C2CCN(c3ccc(C(F)(F)F)cc3[N+](=O)[O-])CC2)c1. The first kappa shape index (κ1) is 23.8. The summed E-state index contributed by atoms with van der Waals surface area (Å²) >= 11 is 0. The molecular weight excluding hydrogens is 443 g/mol. The summed E-state index contributed by atoms with van der Waals surface area (Å²) in [5.74, 6) is -0.612. The fraction of sp³-hybridized carbons (Fsp3) is 0.333. The van der Waals surface area contributed by atoms with E-state index in [-0.39, 0.29) is 30.6 Å². The van der Waals surface area contributed by atoms with Crippen LogP contribution in [0.3, 0.4) is 0 Å². The molecule has 1 heterocycles. The minimum atomic E-state index is -4.68. The fourth-order valence-electron chi connectivity index (χ4n) is 3.61. The Labute approximate surface area is 187 Å². The van der Waals surface area contributed by atoms with Gasteiger partial charge >= 0.3 is 12.2 Å². The van der Waals surface area contributed by atoms with Gasteiger partial charge in [-0.2, -0.15) is 13.2 Å². The minimum Gasteiger partial charge on any atom is -0.366 e. The smallest absolute Gasteiger partial charge is 0.366 e. The van der Waals surface area contributed by atoms with Crippen LogP contribution in [0.1, 0.15) is 18.4 Å². The standard InChI is InChI=1S/C21H22F3N5O4/c1-25-20(31)27-16-4-2-3-15(12-16)26-19(30)13-7-9-28(10-8-13)17-6-5-14(21(22,23)24)11-18(17)29(32)33/h2-6,11-13H,7-10H2,1H3,(H,26,30)(H2,25,27,31). The van der Waals surface area contributed by atoms with Gasteiger partial charge in [-0.25, -0.2) is 4.79 Å². The average Bonchev–Trinajstić information content (AvgIpc) is 2.78. The molecule has 176 valence electrons. The van der Waals surface area contributed by atoms with Crippen LogP contribution in [0.5, 0.6) is 0 Å². The Hall–Kier alpha value is -3.83. The molecule has 0 radical (unpaired) electrons. The Morgan fingerprint density at radius 3 is 2.27 bits per heavy atom. The molecule has 0 atom stereocenters. The zero-order valence-corrected chi connectivity index (χ0v) is 17.6. The summed E-state index contributed by atoms with van der Waals surface area (Å²) in [6, 6.07) is 8.68. The van der Waals surface area contributed by atoms with Crippen LogP contribution in [0.2, 0.25) is 0 Å². The molecular formula is C21H22F3N5O4. The highest BCUT2D eigenvalue weighted by atomic mass is 19.4. The predicted octanol–water partition coefficient (Wildman–Crippen LogP) is 4.22. The molecule has 0 aliphatic carbocycles. The van der Waals surface area contributed by atoms with Gasteiger partial charge in [0, 0.05) is 43.5 Å². The molecule has 0 aromatic heterocycles. The van der Waals surface area contributed by atoms with Gasteiger partial charge < -0.3 is 20.9 Å². The van der Waals surface area contributed by atoms with E-state index < -0.39 is 28.4 Å². The van der Waals surface area contributed by atoms with Gasteiger partial charge in [0.15, 0.2) is 0 Å². The van der Waals surface area contributed by atoms with Crippen molar-refractivity contribution in [3.8, 4) is 0 Å². The molecule has 2 aromatic carbocycles. The fourth-order valence-corrected chi connectivity index (χ4v) is 3.61. The predicted molar refractivity (Wildman–Crippen MR) is 116 cm³/mol. The maximum atomic E-state index is 12.9. The van der Waals surface area contributed by atoms with Crippen molar-refractivity contribution >= 4 is 34.7 Å². The molecule has 0 unspecified atom stereocenters. The van der Waals surface area contributed by atoms with Crippen molar-refractivity contribution in [2.45, 2.75) is 19.0 Å². The van der Waals surface area contributed by atoms with Crippen molar-refractivity contribution in [2.75, 3.05) is 35.7 Å². The third-order valence-corrected chi connectivity index (χ3v) is 5.32. The van der Waals surface area contributed by atoms with E-state index in [0.29, 0.717) is 30.3 Å². The number of rotatable bonds is 5. The Bertz CT molecular complexity index is 1050. The third kappa shape index (κ3) is 5.90. The second-order valence-corrected chi connectivity index (χ2v) is 7.49. The molecule has 1 saturated heterocycles. The average molecular weight is 465 g/mol. The van der Waals surface area contributed by atoms with Gasteiger partial charge in [0.1, 0.15) is 5.69 Å². The number of nitrogens with one attached hydrogen (secondary N) is 3. The zero-order valence-electron chi connectivity index (χ0n) is 17.6. The topological polar surface area (TPSA) is 117 Å². The van der Waals surface area contributed by atoms with E-state index in [1.165, 1.54) is 7.05 Å². The molecule has 9 nitrogen and oxygen atoms in total. The summed E-state index contributed by atoms with van der Waals surface area (Å²) in [4.78, 5) is 36.2. The van der Waals surface area contributed by atoms with Crippen molar-refractivity contribution in [2.24, 2.45) is 5.92 Å². The van der Waals surface area contributed by atoms with Crippen LogP contribution in [-0.2, 0) is 11.0 Å². The van der Waals surface area contributed by atoms with E-state index in [0.717, 1.165) is 12.1 Å². The van der Waals surface area contributed by atoms with Crippen molar-refractivity contribution in [1.29, 1.82) is 0 Å². The molecule has 1 fully saturated rings. The van der Waals surface area contributed by atoms with Crippen LogP contribution < -0.4 is 20.9 Å². The van der Waals surface area contributed by atoms with Gasteiger partial charge in [0.05, 0.1) is 10.5 Å². The highest BCUT2D eigenvalue weighted by Gasteiger charge is 2.35. The molecule has 3 amide bonds. The molecule has 0 saturated carbocycles. The summed E-state index contributed by atoms with van der Waals surface area (Å²) in [5.41, 5.74) is -0.611. The molecule has 2 aromatic rings. The van der Waals surface area contributed by atoms with Crippen molar-refractivity contribution in [1.82, 2.24) is 5.32 Å². The second kappa shape index (κ2) is 9.76. The van der Waals surface area contributed by atoms with E-state index in [1.807, 2.05) is 0 Å². The number of nitro groups is 1. The van der Waals surface area contributed by atoms with Crippen molar-refractivity contribution in [3.63, 3.8) is 0 Å². The second-order valence-electron chi connectivity index (χ2n) is 7.49. The number of hydrogen-bond acceptors (Lipinski definition) is 5. The van der Waals surface area contributed by atoms with E-state index in [9.17, 15) is 32.9 Å². The number of halogens is 3. The molecule has 0 bridgehead atoms. The summed E-state index contributed by atoms with van der Waals surface area (Å²) in [6.07, 6.45) is -3.93. The quantitative estimate of drug-likeness (QED) is 0.452. The number of urea groups is 1. The summed E-state index contributed by atoms with van der Waals surface area (Å²) in [7, 11) is 1.48. The van der Waals surface area contributed by atoms with Gasteiger partial charge in [0.25, 0.3) is 5.69 Å². The first-order chi connectivity index (χ1) is 15.6. The summed E-state index contributed by atoms with van der Waals surface area (Å²) in [6.45, 7) is 0.561. The lowest BCUT2D eigenvalue weighted by molar-refractivity contribution is -0.384. The normalized spacial score (nSPS) is 14.5. The Morgan fingerprint density at radius 1 is 1.06 bits per heavy atom. The van der Waals surface area contributed by atoms with Crippen LogP contribution in [0.4, 0.5) is 40.7 Å². The Morgan fingerprint density at radius 2 is 1.70 bits per heavy atom. The first-order valence-corrected chi connectivity index (χ1v) is 10.1. The van der Waals surface area contributed by atoms with E-state index in [4.69, 9.17) is 0 Å². The maximum absolute atomic E-state index is 12.9. The number of carbonyl (C=O) groups is 2. The van der Waals surface area contributed by atoms with Crippen LogP contribution in [0, 0.1) is 16.0 Å². The Balaban J connectivity index is 1.64. The lowest BCUT2D eigenvalue weighted by Gasteiger charge is -2.32. The number of anilines is 3. The minimum absolute atomic E-state index is 0.0971.